The number of urea groups is 1. The maximum Gasteiger partial charge on any atom is 0.319 e. The number of aromatic nitrogens is 2. The summed E-state index contributed by atoms with van der Waals surface area (Å²) in [7, 11) is 0. The van der Waals surface area contributed by atoms with E-state index in [1.54, 1.807) is 6.20 Å². The van der Waals surface area contributed by atoms with Gasteiger partial charge in [0.2, 0.25) is 0 Å². The average molecular weight is 357 g/mol. The van der Waals surface area contributed by atoms with Crippen molar-refractivity contribution in [3.8, 4) is 0 Å². The molecule has 26 heavy (non-hydrogen) atoms. The highest BCUT2D eigenvalue weighted by atomic mass is 16.5. The Kier molecular flexibility index (Phi) is 6.62. The van der Waals surface area contributed by atoms with Crippen LogP contribution in [0.5, 0.6) is 0 Å². The lowest BCUT2D eigenvalue weighted by Crippen LogP contribution is -2.36. The standard InChI is InChI=1S/C19H27N5O2/c1-2-18-20-7-9-24(18)10-8-21-19(25)22-17-6-4-3-5-16(17)15-23-11-13-26-14-12-23/h3-7,9H,2,8,10-15H2,1H3,(H2,21,22,25). The van der Waals surface area contributed by atoms with E-state index in [0.717, 1.165) is 56.3 Å². The highest BCUT2D eigenvalue weighted by Crippen LogP contribution is 2.17. The van der Waals surface area contributed by atoms with E-state index < -0.39 is 0 Å². The molecule has 140 valence electrons. The van der Waals surface area contributed by atoms with E-state index in [-0.39, 0.29) is 6.03 Å². The van der Waals surface area contributed by atoms with Crippen molar-refractivity contribution in [1.29, 1.82) is 0 Å². The zero-order valence-electron chi connectivity index (χ0n) is 15.3. The van der Waals surface area contributed by atoms with Crippen molar-refractivity contribution in [2.75, 3.05) is 38.2 Å². The summed E-state index contributed by atoms with van der Waals surface area (Å²) in [6.45, 7) is 7.54. The zero-order valence-corrected chi connectivity index (χ0v) is 15.3. The van der Waals surface area contributed by atoms with Crippen LogP contribution in [-0.4, -0.2) is 53.3 Å². The summed E-state index contributed by atoms with van der Waals surface area (Å²) in [6, 6.07) is 7.77. The lowest BCUT2D eigenvalue weighted by Gasteiger charge is -2.27. The fraction of sp³-hybridized carbons (Fsp3) is 0.474. The molecule has 0 saturated carbocycles. The van der Waals surface area contributed by atoms with Gasteiger partial charge in [-0.05, 0) is 11.6 Å². The van der Waals surface area contributed by atoms with Gasteiger partial charge in [-0.25, -0.2) is 9.78 Å². The number of nitrogens with one attached hydrogen (secondary N) is 2. The third kappa shape index (κ3) is 5.06. The first-order valence-corrected chi connectivity index (χ1v) is 9.19. The van der Waals surface area contributed by atoms with Crippen LogP contribution in [0.2, 0.25) is 0 Å². The Bertz CT molecular complexity index is 709. The largest absolute Gasteiger partial charge is 0.379 e. The maximum atomic E-state index is 12.3. The van der Waals surface area contributed by atoms with Gasteiger partial charge < -0.3 is 19.9 Å². The molecule has 0 aliphatic carbocycles. The Morgan fingerprint density at radius 1 is 1.27 bits per heavy atom. The van der Waals surface area contributed by atoms with Crippen molar-refractivity contribution in [1.82, 2.24) is 19.8 Å². The molecule has 2 amide bonds. The van der Waals surface area contributed by atoms with Crippen LogP contribution in [0, 0.1) is 0 Å². The van der Waals surface area contributed by atoms with Crippen LogP contribution in [0.1, 0.15) is 18.3 Å². The monoisotopic (exact) mass is 357 g/mol. The molecule has 1 aromatic heterocycles. The van der Waals surface area contributed by atoms with Gasteiger partial charge in [0.25, 0.3) is 0 Å². The van der Waals surface area contributed by atoms with Crippen molar-refractivity contribution < 1.29 is 9.53 Å². The Hall–Kier alpha value is -2.38. The Morgan fingerprint density at radius 2 is 2.08 bits per heavy atom. The fourth-order valence-corrected chi connectivity index (χ4v) is 3.09. The number of anilines is 1. The van der Waals surface area contributed by atoms with Crippen LogP contribution in [0.15, 0.2) is 36.7 Å². The molecule has 2 N–H and O–H groups in total. The van der Waals surface area contributed by atoms with E-state index in [2.05, 4.69) is 38.1 Å². The molecular weight excluding hydrogens is 330 g/mol. The van der Waals surface area contributed by atoms with Crippen molar-refractivity contribution >= 4 is 11.7 Å². The van der Waals surface area contributed by atoms with Gasteiger partial charge >= 0.3 is 6.03 Å². The molecule has 0 atom stereocenters. The number of aryl methyl sites for hydroxylation is 1. The fourth-order valence-electron chi connectivity index (χ4n) is 3.09. The van der Waals surface area contributed by atoms with Crippen LogP contribution in [0.25, 0.3) is 0 Å². The molecular formula is C19H27N5O2. The highest BCUT2D eigenvalue weighted by molar-refractivity contribution is 5.90. The minimum atomic E-state index is -0.183. The van der Waals surface area contributed by atoms with E-state index in [9.17, 15) is 4.79 Å². The molecule has 0 spiro atoms. The van der Waals surface area contributed by atoms with Gasteiger partial charge in [-0.1, -0.05) is 25.1 Å². The number of nitrogens with zero attached hydrogens (tertiary/aromatic N) is 3. The summed E-state index contributed by atoms with van der Waals surface area (Å²) >= 11 is 0. The first-order valence-electron chi connectivity index (χ1n) is 9.19. The molecule has 7 nitrogen and oxygen atoms in total. The summed E-state index contributed by atoms with van der Waals surface area (Å²) in [5, 5.41) is 5.90. The molecule has 1 aliphatic rings. The lowest BCUT2D eigenvalue weighted by atomic mass is 10.1. The van der Waals surface area contributed by atoms with Crippen molar-refractivity contribution in [3.05, 3.63) is 48.0 Å². The second kappa shape index (κ2) is 9.35. The number of carbonyl (C=O) groups excluding carboxylic acids is 1. The minimum absolute atomic E-state index is 0.183. The van der Waals surface area contributed by atoms with Gasteiger partial charge in [-0.2, -0.15) is 0 Å². The first kappa shape index (κ1) is 18.4. The molecule has 2 aromatic rings. The summed E-state index contributed by atoms with van der Waals surface area (Å²) in [6.07, 6.45) is 4.62. The normalized spacial score (nSPS) is 15.0. The number of benzene rings is 1. The molecule has 1 aromatic carbocycles. The summed E-state index contributed by atoms with van der Waals surface area (Å²) < 4.78 is 7.46. The summed E-state index contributed by atoms with van der Waals surface area (Å²) in [5.74, 6) is 1.03. The zero-order chi connectivity index (χ0) is 18.2. The number of hydrogen-bond donors (Lipinski definition) is 2. The number of rotatable bonds is 7. The Morgan fingerprint density at radius 3 is 2.88 bits per heavy atom. The number of amides is 2. The van der Waals surface area contributed by atoms with E-state index in [1.165, 1.54) is 0 Å². The molecule has 0 unspecified atom stereocenters. The van der Waals surface area contributed by atoms with Crippen LogP contribution in [0.4, 0.5) is 10.5 Å². The van der Waals surface area contributed by atoms with Crippen molar-refractivity contribution in [3.63, 3.8) is 0 Å². The van der Waals surface area contributed by atoms with Gasteiger partial charge in [0.05, 0.1) is 13.2 Å². The number of carbonyl (C=O) groups is 1. The van der Waals surface area contributed by atoms with Crippen LogP contribution in [0.3, 0.4) is 0 Å². The third-order valence-corrected chi connectivity index (χ3v) is 4.52. The Balaban J connectivity index is 1.50. The van der Waals surface area contributed by atoms with Crippen LogP contribution in [-0.2, 0) is 24.2 Å². The quantitative estimate of drug-likeness (QED) is 0.796. The van der Waals surface area contributed by atoms with Gasteiger partial charge in [0.1, 0.15) is 5.82 Å². The van der Waals surface area contributed by atoms with Gasteiger partial charge in [0, 0.05) is 57.2 Å². The minimum Gasteiger partial charge on any atom is -0.379 e. The summed E-state index contributed by atoms with van der Waals surface area (Å²) in [4.78, 5) is 18.9. The summed E-state index contributed by atoms with van der Waals surface area (Å²) in [5.41, 5.74) is 1.97. The molecule has 3 rings (SSSR count). The number of para-hydroxylation sites is 1. The van der Waals surface area contributed by atoms with Gasteiger partial charge in [-0.3, -0.25) is 4.90 Å². The van der Waals surface area contributed by atoms with Gasteiger partial charge in [-0.15, -0.1) is 0 Å². The van der Waals surface area contributed by atoms with E-state index in [4.69, 9.17) is 4.74 Å². The maximum absolute atomic E-state index is 12.3. The van der Waals surface area contributed by atoms with E-state index in [1.807, 2.05) is 24.4 Å². The van der Waals surface area contributed by atoms with Crippen molar-refractivity contribution in [2.45, 2.75) is 26.4 Å². The van der Waals surface area contributed by atoms with Gasteiger partial charge in [0.15, 0.2) is 0 Å². The number of ether oxygens (including phenoxy) is 1. The topological polar surface area (TPSA) is 71.4 Å². The smallest absolute Gasteiger partial charge is 0.319 e. The van der Waals surface area contributed by atoms with Crippen molar-refractivity contribution in [2.24, 2.45) is 0 Å². The average Bonchev–Trinajstić information content (AvgIpc) is 3.12. The molecule has 2 heterocycles. The molecule has 1 saturated heterocycles. The van der Waals surface area contributed by atoms with Crippen LogP contribution >= 0.6 is 0 Å². The second-order valence-corrected chi connectivity index (χ2v) is 6.32. The van der Waals surface area contributed by atoms with Crippen LogP contribution < -0.4 is 10.6 Å². The number of hydrogen-bond acceptors (Lipinski definition) is 4. The highest BCUT2D eigenvalue weighted by Gasteiger charge is 2.13. The first-order chi connectivity index (χ1) is 12.8. The van der Waals surface area contributed by atoms with E-state index in [0.29, 0.717) is 13.1 Å². The molecule has 0 bridgehead atoms. The predicted octanol–water partition coefficient (Wildman–Crippen LogP) is 2.10. The molecule has 7 heteroatoms. The molecule has 1 fully saturated rings. The predicted molar refractivity (Wildman–Crippen MR) is 101 cm³/mol. The third-order valence-electron chi connectivity index (χ3n) is 4.52. The number of imidazole rings is 1. The molecule has 0 radical (unpaired) electrons. The lowest BCUT2D eigenvalue weighted by molar-refractivity contribution is 0.0343. The Labute approximate surface area is 154 Å². The number of morpholine rings is 1. The molecule has 1 aliphatic heterocycles. The second-order valence-electron chi connectivity index (χ2n) is 6.32. The van der Waals surface area contributed by atoms with E-state index >= 15 is 0 Å². The SMILES string of the molecule is CCc1nccn1CCNC(=O)Nc1ccccc1CN1CCOCC1.